The predicted molar refractivity (Wildman–Crippen MR) is 92.9 cm³/mol. The van der Waals surface area contributed by atoms with Gasteiger partial charge in [-0.05, 0) is 17.7 Å². The highest BCUT2D eigenvalue weighted by Gasteiger charge is 2.53. The Morgan fingerprint density at radius 1 is 1.12 bits per heavy atom. The summed E-state index contributed by atoms with van der Waals surface area (Å²) in [6, 6.07) is 18.2. The van der Waals surface area contributed by atoms with E-state index >= 15 is 0 Å². The molecule has 0 N–H and O–H groups in total. The topological polar surface area (TPSA) is 65.0 Å². The van der Waals surface area contributed by atoms with Crippen LogP contribution in [0.25, 0.3) is 0 Å². The molecule has 0 amide bonds. The van der Waals surface area contributed by atoms with Crippen LogP contribution in [-0.2, 0) is 25.7 Å². The summed E-state index contributed by atoms with van der Waals surface area (Å²) in [7, 11) is 0. The van der Waals surface area contributed by atoms with Crippen molar-refractivity contribution in [3.8, 4) is 0 Å². The second kappa shape index (κ2) is 7.13. The van der Waals surface area contributed by atoms with Crippen LogP contribution in [0.1, 0.15) is 17.5 Å². The molecule has 2 aromatic carbocycles. The molecule has 0 spiro atoms. The molecule has 0 aliphatic carbocycles. The van der Waals surface area contributed by atoms with Crippen LogP contribution in [0.2, 0.25) is 0 Å². The molecule has 1 atom stereocenters. The van der Waals surface area contributed by atoms with Crippen LogP contribution in [0.3, 0.4) is 0 Å². The second-order valence-electron chi connectivity index (χ2n) is 5.59. The van der Waals surface area contributed by atoms with Gasteiger partial charge in [0.15, 0.2) is 0 Å². The Kier molecular flexibility index (Phi) is 4.75. The van der Waals surface area contributed by atoms with Gasteiger partial charge >= 0.3 is 11.9 Å². The molecule has 126 valence electrons. The minimum absolute atomic E-state index is 0.00971. The van der Waals surface area contributed by atoms with E-state index in [1.165, 1.54) is 6.08 Å². The molecule has 1 heterocycles. The van der Waals surface area contributed by atoms with Crippen molar-refractivity contribution in [1.29, 1.82) is 0 Å². The van der Waals surface area contributed by atoms with Gasteiger partial charge in [-0.15, -0.1) is 6.58 Å². The summed E-state index contributed by atoms with van der Waals surface area (Å²) in [6.45, 7) is 3.67. The number of carbonyl (C=O) groups excluding carboxylic acids is 2. The molecular formula is C20H17NO4. The fraction of sp³-hybridized carbons (Fsp3) is 0.150. The summed E-state index contributed by atoms with van der Waals surface area (Å²) in [5.41, 5.74) is -0.289. The molecule has 1 aliphatic rings. The normalized spacial score (nSPS) is 19.0. The Hall–Kier alpha value is -3.21. The third-order valence-corrected chi connectivity index (χ3v) is 3.83. The standard InChI is InChI=1S/C20H17NO4/c1-2-13-20(18(22)24-14-15-9-5-3-6-10-15)19(23)25-17(21-20)16-11-7-4-8-12-16/h2-12H,1,13-14H2/t20-/m1/s1. The Bertz CT molecular complexity index is 814. The maximum atomic E-state index is 12.6. The average molecular weight is 335 g/mol. The third kappa shape index (κ3) is 3.35. The van der Waals surface area contributed by atoms with Gasteiger partial charge in [-0.2, -0.15) is 0 Å². The van der Waals surface area contributed by atoms with E-state index in [-0.39, 0.29) is 18.9 Å². The number of rotatable bonds is 6. The van der Waals surface area contributed by atoms with Crippen molar-refractivity contribution in [2.24, 2.45) is 4.99 Å². The van der Waals surface area contributed by atoms with E-state index in [1.54, 1.807) is 24.3 Å². The van der Waals surface area contributed by atoms with Gasteiger partial charge in [0, 0.05) is 12.0 Å². The maximum absolute atomic E-state index is 12.6. The van der Waals surface area contributed by atoms with E-state index in [0.717, 1.165) is 5.56 Å². The number of ether oxygens (including phenoxy) is 2. The Morgan fingerprint density at radius 2 is 1.76 bits per heavy atom. The molecule has 0 radical (unpaired) electrons. The van der Waals surface area contributed by atoms with E-state index in [4.69, 9.17) is 9.47 Å². The summed E-state index contributed by atoms with van der Waals surface area (Å²) in [5, 5.41) is 0. The number of benzene rings is 2. The van der Waals surface area contributed by atoms with Crippen molar-refractivity contribution >= 4 is 17.8 Å². The largest absolute Gasteiger partial charge is 0.459 e. The average Bonchev–Trinajstić information content (AvgIpc) is 2.99. The third-order valence-electron chi connectivity index (χ3n) is 3.83. The fourth-order valence-electron chi connectivity index (χ4n) is 2.51. The second-order valence-corrected chi connectivity index (χ2v) is 5.59. The van der Waals surface area contributed by atoms with Gasteiger partial charge in [-0.25, -0.2) is 14.6 Å². The lowest BCUT2D eigenvalue weighted by molar-refractivity contribution is -0.158. The van der Waals surface area contributed by atoms with Gasteiger partial charge < -0.3 is 9.47 Å². The summed E-state index contributed by atoms with van der Waals surface area (Å²) in [4.78, 5) is 29.3. The molecule has 0 saturated carbocycles. The van der Waals surface area contributed by atoms with Crippen molar-refractivity contribution in [2.75, 3.05) is 0 Å². The van der Waals surface area contributed by atoms with E-state index in [1.807, 2.05) is 36.4 Å². The Morgan fingerprint density at radius 3 is 2.40 bits per heavy atom. The van der Waals surface area contributed by atoms with Gasteiger partial charge in [0.2, 0.25) is 5.90 Å². The molecule has 0 saturated heterocycles. The summed E-state index contributed by atoms with van der Waals surface area (Å²) < 4.78 is 10.6. The number of hydrogen-bond acceptors (Lipinski definition) is 5. The van der Waals surface area contributed by atoms with E-state index in [0.29, 0.717) is 5.56 Å². The van der Waals surface area contributed by atoms with Gasteiger partial charge in [-0.1, -0.05) is 54.6 Å². The molecule has 1 aliphatic heterocycles. The van der Waals surface area contributed by atoms with Crippen LogP contribution in [0.15, 0.2) is 78.3 Å². The van der Waals surface area contributed by atoms with Gasteiger partial charge in [-0.3, -0.25) is 0 Å². The zero-order valence-corrected chi connectivity index (χ0v) is 13.6. The number of nitrogens with zero attached hydrogens (tertiary/aromatic N) is 1. The monoisotopic (exact) mass is 335 g/mol. The molecule has 0 unspecified atom stereocenters. The molecule has 0 bridgehead atoms. The highest BCUT2D eigenvalue weighted by molar-refractivity contribution is 6.17. The van der Waals surface area contributed by atoms with Gasteiger partial charge in [0.05, 0.1) is 0 Å². The zero-order chi connectivity index (χ0) is 17.7. The van der Waals surface area contributed by atoms with Crippen LogP contribution < -0.4 is 0 Å². The number of hydrogen-bond donors (Lipinski definition) is 0. The SMILES string of the molecule is C=CC[C@]1(C(=O)OCc2ccccc2)N=C(c2ccccc2)OC1=O. The van der Waals surface area contributed by atoms with Gasteiger partial charge in [0.1, 0.15) is 6.61 Å². The van der Waals surface area contributed by atoms with Crippen molar-refractivity contribution in [3.63, 3.8) is 0 Å². The molecule has 2 aromatic rings. The van der Waals surface area contributed by atoms with Crippen LogP contribution in [-0.4, -0.2) is 23.4 Å². The molecule has 25 heavy (non-hydrogen) atoms. The van der Waals surface area contributed by atoms with Crippen molar-refractivity contribution in [1.82, 2.24) is 0 Å². The minimum Gasteiger partial charge on any atom is -0.459 e. The molecule has 0 aromatic heterocycles. The molecular weight excluding hydrogens is 318 g/mol. The van der Waals surface area contributed by atoms with E-state index in [2.05, 4.69) is 11.6 Å². The highest BCUT2D eigenvalue weighted by atomic mass is 16.6. The van der Waals surface area contributed by atoms with Crippen molar-refractivity contribution in [3.05, 3.63) is 84.4 Å². The quantitative estimate of drug-likeness (QED) is 0.462. The lowest BCUT2D eigenvalue weighted by atomic mass is 9.97. The van der Waals surface area contributed by atoms with E-state index < -0.39 is 17.5 Å². The van der Waals surface area contributed by atoms with Crippen molar-refractivity contribution < 1.29 is 19.1 Å². The first kappa shape index (κ1) is 16.6. The van der Waals surface area contributed by atoms with E-state index in [9.17, 15) is 9.59 Å². The lowest BCUT2D eigenvalue weighted by Gasteiger charge is -2.18. The molecule has 0 fully saturated rings. The Labute approximate surface area is 145 Å². The number of cyclic esters (lactones) is 1. The Balaban J connectivity index is 1.85. The molecule has 5 nitrogen and oxygen atoms in total. The summed E-state index contributed by atoms with van der Waals surface area (Å²) in [5.74, 6) is -1.37. The van der Waals surface area contributed by atoms with Crippen molar-refractivity contribution in [2.45, 2.75) is 18.6 Å². The first-order valence-electron chi connectivity index (χ1n) is 7.85. The molecule has 3 rings (SSSR count). The number of carbonyl (C=O) groups is 2. The van der Waals surface area contributed by atoms with Crippen LogP contribution in [0.5, 0.6) is 0 Å². The predicted octanol–water partition coefficient (Wildman–Crippen LogP) is 3.05. The smallest absolute Gasteiger partial charge is 0.352 e. The summed E-state index contributed by atoms with van der Waals surface area (Å²) >= 11 is 0. The number of esters is 2. The maximum Gasteiger partial charge on any atom is 0.352 e. The van der Waals surface area contributed by atoms with Gasteiger partial charge in [0.25, 0.3) is 5.54 Å². The summed E-state index contributed by atoms with van der Waals surface area (Å²) in [6.07, 6.45) is 1.47. The number of aliphatic imine (C=N–C) groups is 1. The van der Waals surface area contributed by atoms with Crippen LogP contribution in [0.4, 0.5) is 0 Å². The highest BCUT2D eigenvalue weighted by Crippen LogP contribution is 2.29. The van der Waals surface area contributed by atoms with Crippen LogP contribution >= 0.6 is 0 Å². The fourth-order valence-corrected chi connectivity index (χ4v) is 2.51. The zero-order valence-electron chi connectivity index (χ0n) is 13.6. The first-order chi connectivity index (χ1) is 12.2. The first-order valence-corrected chi connectivity index (χ1v) is 7.85. The lowest BCUT2D eigenvalue weighted by Crippen LogP contribution is -2.43. The van der Waals surface area contributed by atoms with Crippen LogP contribution in [0, 0.1) is 0 Å². The molecule has 5 heteroatoms. The minimum atomic E-state index is -1.73.